The van der Waals surface area contributed by atoms with Gasteiger partial charge in [-0.1, -0.05) is 12.1 Å². The fraction of sp³-hybridized carbons (Fsp3) is 0.357. The van der Waals surface area contributed by atoms with Crippen LogP contribution in [-0.4, -0.2) is 53.7 Å². The molecule has 0 aromatic heterocycles. The number of hydrogen-bond donors (Lipinski definition) is 4. The van der Waals surface area contributed by atoms with Crippen LogP contribution in [0.2, 0.25) is 0 Å². The second-order valence-corrected chi connectivity index (χ2v) is 4.35. The van der Waals surface area contributed by atoms with Gasteiger partial charge in [-0.15, -0.1) is 0 Å². The summed E-state index contributed by atoms with van der Waals surface area (Å²) in [5.74, 6) is 0.199. The highest BCUT2D eigenvalue weighted by Gasteiger charge is 2.29. The molecular weight excluding hydrogens is 262 g/mol. The predicted octanol–water partition coefficient (Wildman–Crippen LogP) is -0.460. The van der Waals surface area contributed by atoms with Crippen LogP contribution in [0.4, 0.5) is 0 Å². The van der Waals surface area contributed by atoms with Crippen LogP contribution in [0.3, 0.4) is 0 Å². The smallest absolute Gasteiger partial charge is 0.244 e. The molecule has 0 aliphatic heterocycles. The molecule has 0 aliphatic rings. The molecule has 20 heavy (non-hydrogen) atoms. The number of ether oxygens (including phenoxy) is 1. The van der Waals surface area contributed by atoms with Gasteiger partial charge in [0, 0.05) is 6.08 Å². The second kappa shape index (κ2) is 7.64. The van der Waals surface area contributed by atoms with Crippen molar-refractivity contribution in [2.75, 3.05) is 26.9 Å². The lowest BCUT2D eigenvalue weighted by molar-refractivity contribution is -0.120. The number of amides is 1. The molecule has 1 aromatic carbocycles. The summed E-state index contributed by atoms with van der Waals surface area (Å²) < 4.78 is 5.02. The van der Waals surface area contributed by atoms with E-state index in [1.807, 2.05) is 0 Å². The summed E-state index contributed by atoms with van der Waals surface area (Å²) in [5, 5.41) is 29.7. The van der Waals surface area contributed by atoms with Gasteiger partial charge >= 0.3 is 0 Å². The maximum Gasteiger partial charge on any atom is 0.244 e. The summed E-state index contributed by atoms with van der Waals surface area (Å²) in [6.07, 6.45) is 2.84. The van der Waals surface area contributed by atoms with Crippen LogP contribution in [0, 0.1) is 0 Å². The summed E-state index contributed by atoms with van der Waals surface area (Å²) >= 11 is 0. The van der Waals surface area contributed by atoms with Crippen molar-refractivity contribution in [3.05, 3.63) is 35.9 Å². The molecule has 0 saturated heterocycles. The quantitative estimate of drug-likeness (QED) is 0.507. The van der Waals surface area contributed by atoms with E-state index < -0.39 is 31.3 Å². The van der Waals surface area contributed by atoms with Gasteiger partial charge in [0.05, 0.1) is 26.9 Å². The molecule has 1 amide bonds. The molecule has 4 N–H and O–H groups in total. The Hall–Kier alpha value is -1.89. The van der Waals surface area contributed by atoms with Gasteiger partial charge in [-0.3, -0.25) is 4.79 Å². The zero-order valence-electron chi connectivity index (χ0n) is 11.2. The average Bonchev–Trinajstić information content (AvgIpc) is 2.51. The Morgan fingerprint density at radius 2 is 1.75 bits per heavy atom. The van der Waals surface area contributed by atoms with E-state index >= 15 is 0 Å². The number of aliphatic hydroxyl groups excluding tert-OH is 3. The third kappa shape index (κ3) is 4.34. The molecule has 0 atom stereocenters. The molecule has 0 radical (unpaired) electrons. The van der Waals surface area contributed by atoms with Crippen molar-refractivity contribution in [3.8, 4) is 5.75 Å². The Morgan fingerprint density at radius 3 is 2.20 bits per heavy atom. The number of benzene rings is 1. The van der Waals surface area contributed by atoms with Gasteiger partial charge in [-0.05, 0) is 23.8 Å². The van der Waals surface area contributed by atoms with Crippen LogP contribution in [0.15, 0.2) is 30.3 Å². The van der Waals surface area contributed by atoms with E-state index in [1.165, 1.54) is 6.08 Å². The topological polar surface area (TPSA) is 99.0 Å². The van der Waals surface area contributed by atoms with Crippen LogP contribution >= 0.6 is 0 Å². The SMILES string of the molecule is COc1ccc(/C=C/C(=O)NC(CO)(CO)CO)cc1. The maximum atomic E-state index is 11.7. The summed E-state index contributed by atoms with van der Waals surface area (Å²) in [6.45, 7) is -1.66. The van der Waals surface area contributed by atoms with Gasteiger partial charge < -0.3 is 25.4 Å². The summed E-state index contributed by atoms with van der Waals surface area (Å²) in [5.41, 5.74) is -0.620. The minimum Gasteiger partial charge on any atom is -0.497 e. The maximum absolute atomic E-state index is 11.7. The molecule has 0 unspecified atom stereocenters. The van der Waals surface area contributed by atoms with E-state index in [9.17, 15) is 4.79 Å². The summed E-state index contributed by atoms with van der Waals surface area (Å²) in [4.78, 5) is 11.7. The van der Waals surface area contributed by atoms with Crippen LogP contribution in [-0.2, 0) is 4.79 Å². The molecule has 1 aromatic rings. The zero-order chi connectivity index (χ0) is 15.0. The lowest BCUT2D eigenvalue weighted by atomic mass is 10.0. The minimum absolute atomic E-state index is 0.516. The molecule has 0 bridgehead atoms. The molecule has 0 heterocycles. The standard InChI is InChI=1S/C14H19NO5/c1-20-12-5-2-11(3-6-12)4-7-13(19)15-14(8-16,9-17)10-18/h2-7,16-18H,8-10H2,1H3,(H,15,19)/b7-4+. The molecule has 6 nitrogen and oxygen atoms in total. The third-order valence-electron chi connectivity index (χ3n) is 2.84. The lowest BCUT2D eigenvalue weighted by Crippen LogP contribution is -2.56. The molecule has 0 aliphatic carbocycles. The first-order valence-electron chi connectivity index (χ1n) is 6.06. The number of carbonyl (C=O) groups is 1. The number of aliphatic hydroxyl groups is 3. The van der Waals surface area contributed by atoms with Crippen LogP contribution in [0.5, 0.6) is 5.75 Å². The summed E-state index contributed by atoms with van der Waals surface area (Å²) in [7, 11) is 1.57. The van der Waals surface area contributed by atoms with E-state index in [2.05, 4.69) is 5.32 Å². The van der Waals surface area contributed by atoms with Crippen molar-refractivity contribution in [2.24, 2.45) is 0 Å². The number of carbonyl (C=O) groups excluding carboxylic acids is 1. The summed E-state index contributed by atoms with van der Waals surface area (Å²) in [6, 6.07) is 7.08. The van der Waals surface area contributed by atoms with E-state index in [0.29, 0.717) is 5.75 Å². The van der Waals surface area contributed by atoms with Crippen molar-refractivity contribution in [3.63, 3.8) is 0 Å². The van der Waals surface area contributed by atoms with E-state index in [0.717, 1.165) is 5.56 Å². The van der Waals surface area contributed by atoms with Gasteiger partial charge in [-0.25, -0.2) is 0 Å². The zero-order valence-corrected chi connectivity index (χ0v) is 11.2. The van der Waals surface area contributed by atoms with Crippen molar-refractivity contribution < 1.29 is 24.9 Å². The Morgan fingerprint density at radius 1 is 1.20 bits per heavy atom. The van der Waals surface area contributed by atoms with Crippen molar-refractivity contribution in [1.82, 2.24) is 5.32 Å². The molecule has 0 fully saturated rings. The lowest BCUT2D eigenvalue weighted by Gasteiger charge is -2.27. The fourth-order valence-electron chi connectivity index (χ4n) is 1.46. The molecule has 6 heteroatoms. The third-order valence-corrected chi connectivity index (χ3v) is 2.84. The van der Waals surface area contributed by atoms with Gasteiger partial charge in [0.1, 0.15) is 11.3 Å². The monoisotopic (exact) mass is 281 g/mol. The van der Waals surface area contributed by atoms with E-state index in [-0.39, 0.29) is 0 Å². The Balaban J connectivity index is 2.67. The highest BCUT2D eigenvalue weighted by atomic mass is 16.5. The number of nitrogens with one attached hydrogen (secondary N) is 1. The first-order valence-corrected chi connectivity index (χ1v) is 6.06. The Kier molecular flexibility index (Phi) is 6.17. The molecular formula is C14H19NO5. The largest absolute Gasteiger partial charge is 0.497 e. The van der Waals surface area contributed by atoms with Crippen LogP contribution in [0.1, 0.15) is 5.56 Å². The van der Waals surface area contributed by atoms with Gasteiger partial charge in [0.2, 0.25) is 5.91 Å². The van der Waals surface area contributed by atoms with Crippen molar-refractivity contribution >= 4 is 12.0 Å². The van der Waals surface area contributed by atoms with Crippen LogP contribution in [0.25, 0.3) is 6.08 Å². The van der Waals surface area contributed by atoms with Gasteiger partial charge in [-0.2, -0.15) is 0 Å². The Bertz CT molecular complexity index is 443. The second-order valence-electron chi connectivity index (χ2n) is 4.35. The normalized spacial score (nSPS) is 11.6. The molecule has 0 saturated carbocycles. The van der Waals surface area contributed by atoms with E-state index in [4.69, 9.17) is 20.1 Å². The molecule has 1 rings (SSSR count). The highest BCUT2D eigenvalue weighted by Crippen LogP contribution is 2.12. The average molecular weight is 281 g/mol. The first kappa shape index (κ1) is 16.2. The fourth-order valence-corrected chi connectivity index (χ4v) is 1.46. The highest BCUT2D eigenvalue weighted by molar-refractivity contribution is 5.92. The number of rotatable bonds is 7. The van der Waals surface area contributed by atoms with Crippen LogP contribution < -0.4 is 10.1 Å². The number of methoxy groups -OCH3 is 1. The van der Waals surface area contributed by atoms with Crippen molar-refractivity contribution in [2.45, 2.75) is 5.54 Å². The van der Waals surface area contributed by atoms with Gasteiger partial charge in [0.25, 0.3) is 0 Å². The van der Waals surface area contributed by atoms with Crippen molar-refractivity contribution in [1.29, 1.82) is 0 Å². The molecule has 110 valence electrons. The minimum atomic E-state index is -1.42. The Labute approximate surface area is 117 Å². The predicted molar refractivity (Wildman–Crippen MR) is 74.2 cm³/mol. The first-order chi connectivity index (χ1) is 9.59. The number of hydrogen-bond acceptors (Lipinski definition) is 5. The van der Waals surface area contributed by atoms with Gasteiger partial charge in [0.15, 0.2) is 0 Å². The van der Waals surface area contributed by atoms with E-state index in [1.54, 1.807) is 37.5 Å². The molecule has 0 spiro atoms.